The Kier molecular flexibility index (Phi) is 5.64. The summed E-state index contributed by atoms with van der Waals surface area (Å²) in [5.74, 6) is -1.46. The molecule has 0 fully saturated rings. The zero-order valence-corrected chi connectivity index (χ0v) is 17.7. The molecule has 2 aromatic heterocycles. The van der Waals surface area contributed by atoms with Crippen molar-refractivity contribution in [2.75, 3.05) is 0 Å². The van der Waals surface area contributed by atoms with Crippen molar-refractivity contribution < 1.29 is 15.3 Å². The van der Waals surface area contributed by atoms with Gasteiger partial charge in [-0.2, -0.15) is 5.10 Å². The molecule has 3 N–H and O–H groups in total. The van der Waals surface area contributed by atoms with E-state index < -0.39 is 17.2 Å². The summed E-state index contributed by atoms with van der Waals surface area (Å²) in [5.41, 5.74) is 2.64. The molecule has 30 heavy (non-hydrogen) atoms. The van der Waals surface area contributed by atoms with Crippen molar-refractivity contribution in [2.45, 2.75) is 0 Å². The number of aromatic nitrogens is 2. The molecule has 0 amide bonds. The summed E-state index contributed by atoms with van der Waals surface area (Å²) in [4.78, 5) is 9.29. The number of nitrogens with zero attached hydrogens (tertiary/aromatic N) is 4. The number of halogens is 1. The molecule has 0 unspecified atom stereocenters. The van der Waals surface area contributed by atoms with E-state index in [1.54, 1.807) is 23.1 Å². The summed E-state index contributed by atoms with van der Waals surface area (Å²) in [6.07, 6.45) is 4.72. The first-order chi connectivity index (χ1) is 14.5. The number of benzene rings is 2. The maximum atomic E-state index is 10.1. The molecule has 9 heteroatoms. The molecule has 0 bridgehead atoms. The highest BCUT2D eigenvalue weighted by molar-refractivity contribution is 9.10. The van der Waals surface area contributed by atoms with Crippen LogP contribution in [0, 0.1) is 0 Å². The summed E-state index contributed by atoms with van der Waals surface area (Å²) >= 11 is 4.89. The maximum Gasteiger partial charge on any atom is 0.211 e. The van der Waals surface area contributed by atoms with Crippen molar-refractivity contribution in [1.82, 2.24) is 9.66 Å². The fraction of sp³-hybridized carbons (Fsp3) is 0. The van der Waals surface area contributed by atoms with Crippen molar-refractivity contribution in [3.05, 3.63) is 81.1 Å². The fourth-order valence-electron chi connectivity index (χ4n) is 2.67. The minimum Gasteiger partial charge on any atom is -0.504 e. The Balaban J connectivity index is 1.87. The Morgan fingerprint density at radius 1 is 1.03 bits per heavy atom. The third kappa shape index (κ3) is 4.12. The van der Waals surface area contributed by atoms with Gasteiger partial charge in [-0.05, 0) is 36.4 Å². The molecular formula is C21H15BrN4O3S. The summed E-state index contributed by atoms with van der Waals surface area (Å²) < 4.78 is 2.57. The number of thiazole rings is 1. The standard InChI is InChI=1S/C21H15BrN4O3S/c22-15-4-1-3-13(9-15)17-12-30-21(25-16-5-2-8-23-11-16)26(17)24-10-14-6-7-18(27)20(29)19(14)28/h1-12,27-29H. The van der Waals surface area contributed by atoms with E-state index in [1.807, 2.05) is 35.7 Å². The topological polar surface area (TPSA) is 103 Å². The van der Waals surface area contributed by atoms with Gasteiger partial charge in [0.05, 0.1) is 23.8 Å². The highest BCUT2D eigenvalue weighted by Crippen LogP contribution is 2.36. The zero-order chi connectivity index (χ0) is 21.1. The zero-order valence-electron chi connectivity index (χ0n) is 15.3. The number of phenolic OH excluding ortho intramolecular Hbond substituents is 3. The Bertz CT molecular complexity index is 1300. The van der Waals surface area contributed by atoms with Crippen LogP contribution < -0.4 is 4.80 Å². The van der Waals surface area contributed by atoms with Crippen LogP contribution in [0.1, 0.15) is 5.56 Å². The Hall–Kier alpha value is -3.43. The Morgan fingerprint density at radius 3 is 2.67 bits per heavy atom. The van der Waals surface area contributed by atoms with Gasteiger partial charge in [-0.3, -0.25) is 4.98 Å². The van der Waals surface area contributed by atoms with Gasteiger partial charge >= 0.3 is 0 Å². The van der Waals surface area contributed by atoms with E-state index in [4.69, 9.17) is 0 Å². The molecule has 0 aliphatic carbocycles. The normalized spacial score (nSPS) is 12.0. The second-order valence-electron chi connectivity index (χ2n) is 6.16. The molecule has 4 aromatic rings. The number of rotatable bonds is 4. The summed E-state index contributed by atoms with van der Waals surface area (Å²) in [6, 6.07) is 14.1. The average molecular weight is 483 g/mol. The molecular weight excluding hydrogens is 468 g/mol. The van der Waals surface area contributed by atoms with E-state index in [-0.39, 0.29) is 5.56 Å². The SMILES string of the molecule is Oc1ccc(C=Nn2c(-c3cccc(Br)c3)csc2=Nc2cccnc2)c(O)c1O. The van der Waals surface area contributed by atoms with E-state index in [9.17, 15) is 15.3 Å². The first-order valence-electron chi connectivity index (χ1n) is 8.72. The largest absolute Gasteiger partial charge is 0.504 e. The molecule has 0 saturated heterocycles. The summed E-state index contributed by atoms with van der Waals surface area (Å²) in [6.45, 7) is 0. The van der Waals surface area contributed by atoms with Gasteiger partial charge in [0.15, 0.2) is 11.5 Å². The van der Waals surface area contributed by atoms with E-state index in [0.29, 0.717) is 10.5 Å². The lowest BCUT2D eigenvalue weighted by Crippen LogP contribution is -2.11. The van der Waals surface area contributed by atoms with Crippen molar-refractivity contribution in [2.24, 2.45) is 10.1 Å². The van der Waals surface area contributed by atoms with Crippen LogP contribution in [0.2, 0.25) is 0 Å². The number of pyridine rings is 1. The van der Waals surface area contributed by atoms with Gasteiger partial charge in [0, 0.05) is 27.2 Å². The van der Waals surface area contributed by atoms with Gasteiger partial charge in [0.1, 0.15) is 0 Å². The monoisotopic (exact) mass is 482 g/mol. The summed E-state index contributed by atoms with van der Waals surface area (Å²) in [7, 11) is 0. The Morgan fingerprint density at radius 2 is 1.90 bits per heavy atom. The molecule has 0 radical (unpaired) electrons. The van der Waals surface area contributed by atoms with Gasteiger partial charge in [-0.15, -0.1) is 11.3 Å². The predicted octanol–water partition coefficient (Wildman–Crippen LogP) is 4.61. The third-order valence-corrected chi connectivity index (χ3v) is 5.46. The molecule has 2 aromatic carbocycles. The van der Waals surface area contributed by atoms with Gasteiger partial charge in [-0.1, -0.05) is 28.1 Å². The Labute approximate surface area is 183 Å². The molecule has 0 spiro atoms. The maximum absolute atomic E-state index is 10.1. The van der Waals surface area contributed by atoms with Gasteiger partial charge < -0.3 is 15.3 Å². The number of aromatic hydroxyl groups is 3. The van der Waals surface area contributed by atoms with Crippen molar-refractivity contribution in [1.29, 1.82) is 0 Å². The van der Waals surface area contributed by atoms with Crippen LogP contribution in [0.25, 0.3) is 11.3 Å². The van der Waals surface area contributed by atoms with E-state index in [2.05, 4.69) is 31.0 Å². The van der Waals surface area contributed by atoms with Crippen LogP contribution in [0.4, 0.5) is 5.69 Å². The molecule has 150 valence electrons. The average Bonchev–Trinajstić information content (AvgIpc) is 3.15. The first-order valence-corrected chi connectivity index (χ1v) is 10.4. The van der Waals surface area contributed by atoms with Crippen molar-refractivity contribution in [3.8, 4) is 28.5 Å². The van der Waals surface area contributed by atoms with Crippen LogP contribution in [-0.4, -0.2) is 31.2 Å². The molecule has 0 saturated carbocycles. The predicted molar refractivity (Wildman–Crippen MR) is 119 cm³/mol. The van der Waals surface area contributed by atoms with Gasteiger partial charge in [0.2, 0.25) is 10.6 Å². The quantitative estimate of drug-likeness (QED) is 0.292. The van der Waals surface area contributed by atoms with Crippen molar-refractivity contribution in [3.63, 3.8) is 0 Å². The lowest BCUT2D eigenvalue weighted by Gasteiger charge is -2.06. The number of phenols is 3. The third-order valence-electron chi connectivity index (χ3n) is 4.15. The molecule has 4 rings (SSSR count). The molecule has 2 heterocycles. The van der Waals surface area contributed by atoms with Crippen LogP contribution in [0.3, 0.4) is 0 Å². The van der Waals surface area contributed by atoms with Crippen LogP contribution in [-0.2, 0) is 0 Å². The molecule has 0 aliphatic heterocycles. The highest BCUT2D eigenvalue weighted by Gasteiger charge is 2.11. The molecule has 0 atom stereocenters. The summed E-state index contributed by atoms with van der Waals surface area (Å²) in [5, 5.41) is 35.8. The number of hydrogen-bond donors (Lipinski definition) is 3. The van der Waals surface area contributed by atoms with Crippen LogP contribution in [0.15, 0.2) is 80.9 Å². The van der Waals surface area contributed by atoms with Crippen LogP contribution in [0.5, 0.6) is 17.2 Å². The van der Waals surface area contributed by atoms with E-state index in [1.165, 1.54) is 29.7 Å². The highest BCUT2D eigenvalue weighted by atomic mass is 79.9. The van der Waals surface area contributed by atoms with Crippen LogP contribution >= 0.6 is 27.3 Å². The minimum atomic E-state index is -0.596. The van der Waals surface area contributed by atoms with Gasteiger partial charge in [0.25, 0.3) is 0 Å². The first kappa shape index (κ1) is 19.9. The van der Waals surface area contributed by atoms with E-state index in [0.717, 1.165) is 15.7 Å². The fourth-order valence-corrected chi connectivity index (χ4v) is 3.93. The molecule has 7 nitrogen and oxygen atoms in total. The minimum absolute atomic E-state index is 0.247. The van der Waals surface area contributed by atoms with Gasteiger partial charge in [-0.25, -0.2) is 9.67 Å². The smallest absolute Gasteiger partial charge is 0.211 e. The molecule has 0 aliphatic rings. The second-order valence-corrected chi connectivity index (χ2v) is 7.92. The number of hydrogen-bond acceptors (Lipinski definition) is 7. The van der Waals surface area contributed by atoms with E-state index >= 15 is 0 Å². The van der Waals surface area contributed by atoms with Crippen molar-refractivity contribution >= 4 is 39.2 Å². The lowest BCUT2D eigenvalue weighted by molar-refractivity contribution is 0.367. The second kappa shape index (κ2) is 8.52. The lowest BCUT2D eigenvalue weighted by atomic mass is 10.2.